The number of amides is 1. The Kier molecular flexibility index (Phi) is 4.44. The second-order valence-corrected chi connectivity index (χ2v) is 5.43. The number of hydrogen-bond donors (Lipinski definition) is 0. The van der Waals surface area contributed by atoms with Crippen molar-refractivity contribution in [2.24, 2.45) is 0 Å². The van der Waals surface area contributed by atoms with E-state index in [0.717, 1.165) is 5.56 Å². The first-order chi connectivity index (χ1) is 9.06. The molecule has 19 heavy (non-hydrogen) atoms. The molecular weight excluding hydrogens is 290 g/mol. The van der Waals surface area contributed by atoms with Crippen molar-refractivity contribution in [2.45, 2.75) is 13.0 Å². The molecular formula is C12H14ClNO4S. The minimum atomic E-state index is -0.704. The zero-order valence-corrected chi connectivity index (χ0v) is 12.2. The van der Waals surface area contributed by atoms with E-state index >= 15 is 0 Å². The van der Waals surface area contributed by atoms with E-state index in [2.05, 4.69) is 0 Å². The van der Waals surface area contributed by atoms with Gasteiger partial charge in [-0.25, -0.2) is 4.79 Å². The van der Waals surface area contributed by atoms with Gasteiger partial charge in [-0.2, -0.15) is 0 Å². The second-order valence-electron chi connectivity index (χ2n) is 4.17. The number of carbonyl (C=O) groups excluding carboxylic acids is 2. The highest BCUT2D eigenvalue weighted by Gasteiger charge is 2.35. The largest absolute Gasteiger partial charge is 0.467 e. The zero-order chi connectivity index (χ0) is 14.0. The van der Waals surface area contributed by atoms with Gasteiger partial charge in [-0.05, 0) is 17.9 Å². The number of halogens is 1. The van der Waals surface area contributed by atoms with Crippen LogP contribution < -0.4 is 0 Å². The monoisotopic (exact) mass is 303 g/mol. The molecule has 1 saturated heterocycles. The third-order valence-electron chi connectivity index (χ3n) is 2.96. The molecule has 0 bridgehead atoms. The molecule has 0 saturated carbocycles. The summed E-state index contributed by atoms with van der Waals surface area (Å²) in [5, 5.41) is 2.27. The van der Waals surface area contributed by atoms with Crippen molar-refractivity contribution in [2.75, 3.05) is 26.9 Å². The van der Waals surface area contributed by atoms with Crippen LogP contribution in [-0.4, -0.2) is 49.7 Å². The standard InChI is InChI=1S/C12H14ClNO4S/c1-7-6-19-10(9(7)13)11(15)14-3-4-18-5-8(14)12(16)17-2/h6,8H,3-5H2,1-2H3. The van der Waals surface area contributed by atoms with Crippen molar-refractivity contribution in [3.05, 3.63) is 20.8 Å². The molecule has 1 atom stereocenters. The van der Waals surface area contributed by atoms with Crippen LogP contribution in [0.2, 0.25) is 5.02 Å². The lowest BCUT2D eigenvalue weighted by molar-refractivity contribution is -0.151. The molecule has 2 rings (SSSR count). The van der Waals surface area contributed by atoms with Gasteiger partial charge in [-0.3, -0.25) is 4.79 Å². The van der Waals surface area contributed by atoms with Crippen LogP contribution in [0, 0.1) is 6.92 Å². The molecule has 1 aromatic rings. The molecule has 7 heteroatoms. The number of rotatable bonds is 2. The number of ether oxygens (including phenoxy) is 2. The highest BCUT2D eigenvalue weighted by molar-refractivity contribution is 7.13. The predicted octanol–water partition coefficient (Wildman–Crippen LogP) is 1.72. The molecule has 1 fully saturated rings. The van der Waals surface area contributed by atoms with Crippen molar-refractivity contribution < 1.29 is 19.1 Å². The van der Waals surface area contributed by atoms with Gasteiger partial charge in [-0.1, -0.05) is 11.6 Å². The van der Waals surface area contributed by atoms with Crippen molar-refractivity contribution in [1.29, 1.82) is 0 Å². The third-order valence-corrected chi connectivity index (χ3v) is 4.64. The van der Waals surface area contributed by atoms with Gasteiger partial charge in [0.15, 0.2) is 6.04 Å². The minimum Gasteiger partial charge on any atom is -0.467 e. The second kappa shape index (κ2) is 5.90. The molecule has 2 heterocycles. The highest BCUT2D eigenvalue weighted by atomic mass is 35.5. The number of esters is 1. The van der Waals surface area contributed by atoms with Gasteiger partial charge in [0, 0.05) is 6.54 Å². The average Bonchev–Trinajstić information content (AvgIpc) is 2.77. The van der Waals surface area contributed by atoms with Crippen LogP contribution in [0.1, 0.15) is 15.2 Å². The van der Waals surface area contributed by atoms with Crippen LogP contribution in [0.15, 0.2) is 5.38 Å². The lowest BCUT2D eigenvalue weighted by Crippen LogP contribution is -2.52. The topological polar surface area (TPSA) is 55.8 Å². The minimum absolute atomic E-state index is 0.153. The highest BCUT2D eigenvalue weighted by Crippen LogP contribution is 2.29. The van der Waals surface area contributed by atoms with Crippen LogP contribution in [0.25, 0.3) is 0 Å². The number of nitrogens with zero attached hydrogens (tertiary/aromatic N) is 1. The van der Waals surface area contributed by atoms with Crippen molar-refractivity contribution in [1.82, 2.24) is 4.90 Å². The van der Waals surface area contributed by atoms with Gasteiger partial charge >= 0.3 is 5.97 Å². The lowest BCUT2D eigenvalue weighted by atomic mass is 10.2. The van der Waals surface area contributed by atoms with Gasteiger partial charge in [-0.15, -0.1) is 11.3 Å². The number of thiophene rings is 1. The SMILES string of the molecule is COC(=O)C1COCCN1C(=O)c1scc(C)c1Cl. The van der Waals surface area contributed by atoms with Crippen molar-refractivity contribution >= 4 is 34.8 Å². The zero-order valence-electron chi connectivity index (χ0n) is 10.6. The number of morpholine rings is 1. The smallest absolute Gasteiger partial charge is 0.331 e. The van der Waals surface area contributed by atoms with E-state index in [4.69, 9.17) is 21.1 Å². The van der Waals surface area contributed by atoms with Crippen LogP contribution >= 0.6 is 22.9 Å². The van der Waals surface area contributed by atoms with Gasteiger partial charge in [0.05, 0.1) is 25.3 Å². The lowest BCUT2D eigenvalue weighted by Gasteiger charge is -2.33. The number of hydrogen-bond acceptors (Lipinski definition) is 5. The molecule has 0 spiro atoms. The van der Waals surface area contributed by atoms with Gasteiger partial charge < -0.3 is 14.4 Å². The summed E-state index contributed by atoms with van der Waals surface area (Å²) in [6.45, 7) is 2.75. The average molecular weight is 304 g/mol. The summed E-state index contributed by atoms with van der Waals surface area (Å²) in [4.78, 5) is 26.0. The summed E-state index contributed by atoms with van der Waals surface area (Å²) in [6, 6.07) is -0.704. The summed E-state index contributed by atoms with van der Waals surface area (Å²) in [5.41, 5.74) is 0.859. The molecule has 1 unspecified atom stereocenters. The Morgan fingerprint density at radius 1 is 1.58 bits per heavy atom. The Bertz CT molecular complexity index is 502. The molecule has 1 aliphatic rings. The van der Waals surface area contributed by atoms with E-state index in [1.807, 2.05) is 12.3 Å². The van der Waals surface area contributed by atoms with E-state index in [9.17, 15) is 9.59 Å². The van der Waals surface area contributed by atoms with Crippen LogP contribution in [0.4, 0.5) is 0 Å². The fourth-order valence-electron chi connectivity index (χ4n) is 1.88. The summed E-state index contributed by atoms with van der Waals surface area (Å²) in [6.07, 6.45) is 0. The Balaban J connectivity index is 2.25. The number of methoxy groups -OCH3 is 1. The molecule has 104 valence electrons. The first-order valence-electron chi connectivity index (χ1n) is 5.76. The van der Waals surface area contributed by atoms with Crippen molar-refractivity contribution in [3.63, 3.8) is 0 Å². The molecule has 5 nitrogen and oxygen atoms in total. The van der Waals surface area contributed by atoms with Gasteiger partial charge in [0.25, 0.3) is 5.91 Å². The maximum atomic E-state index is 12.5. The Morgan fingerprint density at radius 2 is 2.32 bits per heavy atom. The van der Waals surface area contributed by atoms with Crippen LogP contribution in [-0.2, 0) is 14.3 Å². The molecule has 1 aliphatic heterocycles. The van der Waals surface area contributed by atoms with E-state index in [1.165, 1.54) is 23.3 Å². The Hall–Kier alpha value is -1.11. The van der Waals surface area contributed by atoms with Gasteiger partial charge in [0.1, 0.15) is 4.88 Å². The maximum Gasteiger partial charge on any atom is 0.331 e. The summed E-state index contributed by atoms with van der Waals surface area (Å²) in [7, 11) is 1.29. The first-order valence-corrected chi connectivity index (χ1v) is 7.02. The number of aryl methyl sites for hydroxylation is 1. The molecule has 0 N–H and O–H groups in total. The molecule has 0 radical (unpaired) electrons. The summed E-state index contributed by atoms with van der Waals surface area (Å²) >= 11 is 7.38. The van der Waals surface area contributed by atoms with Crippen LogP contribution in [0.5, 0.6) is 0 Å². The fourth-order valence-corrected chi connectivity index (χ4v) is 3.11. The number of carbonyl (C=O) groups is 2. The van der Waals surface area contributed by atoms with Crippen molar-refractivity contribution in [3.8, 4) is 0 Å². The molecule has 0 aliphatic carbocycles. The quantitative estimate of drug-likeness (QED) is 0.781. The Labute approximate surface area is 120 Å². The normalized spacial score (nSPS) is 19.3. The first kappa shape index (κ1) is 14.3. The third kappa shape index (κ3) is 2.75. The maximum absolute atomic E-state index is 12.5. The van der Waals surface area contributed by atoms with Gasteiger partial charge in [0.2, 0.25) is 0 Å². The Morgan fingerprint density at radius 3 is 2.89 bits per heavy atom. The van der Waals surface area contributed by atoms with E-state index in [-0.39, 0.29) is 12.5 Å². The molecule has 1 aromatic heterocycles. The van der Waals surface area contributed by atoms with E-state index in [1.54, 1.807) is 0 Å². The molecule has 0 aromatic carbocycles. The fraction of sp³-hybridized carbons (Fsp3) is 0.500. The van der Waals surface area contributed by atoms with Crippen LogP contribution in [0.3, 0.4) is 0 Å². The summed E-state index contributed by atoms with van der Waals surface area (Å²) < 4.78 is 9.93. The molecule has 1 amide bonds. The predicted molar refractivity (Wildman–Crippen MR) is 71.7 cm³/mol. The van der Waals surface area contributed by atoms with E-state index in [0.29, 0.717) is 23.1 Å². The summed E-state index contributed by atoms with van der Waals surface area (Å²) in [5.74, 6) is -0.723. The van der Waals surface area contributed by atoms with E-state index < -0.39 is 12.0 Å².